The Morgan fingerprint density at radius 1 is 0.939 bits per heavy atom. The lowest BCUT2D eigenvalue weighted by molar-refractivity contribution is -0.121. The fourth-order valence-corrected chi connectivity index (χ4v) is 3.64. The van der Waals surface area contributed by atoms with Crippen molar-refractivity contribution < 1.29 is 19.1 Å². The largest absolute Gasteiger partial charge is 0.454 e. The van der Waals surface area contributed by atoms with Crippen molar-refractivity contribution in [3.05, 3.63) is 84.2 Å². The molecule has 0 saturated heterocycles. The highest BCUT2D eigenvalue weighted by Gasteiger charge is 2.16. The topological polar surface area (TPSA) is 102 Å². The molecule has 2 amide bonds. The van der Waals surface area contributed by atoms with Gasteiger partial charge in [0.25, 0.3) is 5.91 Å². The van der Waals surface area contributed by atoms with Crippen LogP contribution in [0.15, 0.2) is 73.1 Å². The predicted molar refractivity (Wildman–Crippen MR) is 121 cm³/mol. The van der Waals surface area contributed by atoms with Gasteiger partial charge in [0.15, 0.2) is 11.5 Å². The molecule has 33 heavy (non-hydrogen) atoms. The number of hydrazine groups is 1. The summed E-state index contributed by atoms with van der Waals surface area (Å²) in [6, 6.07) is 18.3. The van der Waals surface area contributed by atoms with Gasteiger partial charge in [0.2, 0.25) is 12.7 Å². The molecular weight excluding hydrogens is 420 g/mol. The first-order valence-electron chi connectivity index (χ1n) is 10.5. The lowest BCUT2D eigenvalue weighted by atomic mass is 10.0. The highest BCUT2D eigenvalue weighted by molar-refractivity contribution is 6.07. The molecule has 0 bridgehead atoms. The molecule has 0 atom stereocenters. The van der Waals surface area contributed by atoms with Crippen molar-refractivity contribution >= 4 is 22.7 Å². The van der Waals surface area contributed by atoms with Gasteiger partial charge in [-0.25, -0.2) is 4.98 Å². The van der Waals surface area contributed by atoms with E-state index in [2.05, 4.69) is 20.8 Å². The second kappa shape index (κ2) is 8.96. The first kappa shape index (κ1) is 20.4. The Labute approximate surface area is 189 Å². The van der Waals surface area contributed by atoms with Crippen molar-refractivity contribution in [1.29, 1.82) is 0 Å². The van der Waals surface area contributed by atoms with Crippen LogP contribution in [0.1, 0.15) is 22.3 Å². The summed E-state index contributed by atoms with van der Waals surface area (Å²) in [5.74, 6) is 0.655. The van der Waals surface area contributed by atoms with Crippen molar-refractivity contribution in [3.8, 4) is 22.8 Å². The Bertz CT molecular complexity index is 1340. The molecule has 0 spiro atoms. The van der Waals surface area contributed by atoms with Crippen molar-refractivity contribution in [2.45, 2.75) is 12.8 Å². The van der Waals surface area contributed by atoms with Crippen LogP contribution in [-0.2, 0) is 11.2 Å². The van der Waals surface area contributed by atoms with E-state index < -0.39 is 5.91 Å². The van der Waals surface area contributed by atoms with Gasteiger partial charge in [0, 0.05) is 29.8 Å². The SMILES string of the molecule is O=C(CCc1ccc2c(c1)OCO2)NNC(=O)c1cc(-c2cccnc2)nc2ccccc12. The minimum Gasteiger partial charge on any atom is -0.454 e. The number of rotatable bonds is 5. The number of hydrogen-bond donors (Lipinski definition) is 2. The second-order valence-corrected chi connectivity index (χ2v) is 7.50. The fourth-order valence-electron chi connectivity index (χ4n) is 3.64. The lowest BCUT2D eigenvalue weighted by Gasteiger charge is -2.11. The molecule has 5 rings (SSSR count). The van der Waals surface area contributed by atoms with Crippen LogP contribution in [0.4, 0.5) is 0 Å². The summed E-state index contributed by atoms with van der Waals surface area (Å²) in [6.07, 6.45) is 4.08. The Morgan fingerprint density at radius 2 is 1.82 bits per heavy atom. The predicted octanol–water partition coefficient (Wildman–Crippen LogP) is 3.42. The zero-order chi connectivity index (χ0) is 22.6. The molecule has 4 aromatic rings. The van der Waals surface area contributed by atoms with Crippen molar-refractivity contribution in [1.82, 2.24) is 20.8 Å². The summed E-state index contributed by atoms with van der Waals surface area (Å²) >= 11 is 0. The number of aromatic nitrogens is 2. The minimum atomic E-state index is -0.421. The van der Waals surface area contributed by atoms with Gasteiger partial charge in [0.1, 0.15) is 0 Å². The van der Waals surface area contributed by atoms with Gasteiger partial charge >= 0.3 is 0 Å². The number of carbonyl (C=O) groups is 2. The Hall–Kier alpha value is -4.46. The molecule has 0 saturated carbocycles. The smallest absolute Gasteiger partial charge is 0.270 e. The third-order valence-corrected chi connectivity index (χ3v) is 5.31. The zero-order valence-corrected chi connectivity index (χ0v) is 17.6. The van der Waals surface area contributed by atoms with Gasteiger partial charge in [-0.2, -0.15) is 0 Å². The van der Waals surface area contributed by atoms with Crippen LogP contribution < -0.4 is 20.3 Å². The number of benzene rings is 2. The van der Waals surface area contributed by atoms with E-state index in [4.69, 9.17) is 9.47 Å². The fraction of sp³-hybridized carbons (Fsp3) is 0.120. The Morgan fingerprint density at radius 3 is 2.70 bits per heavy atom. The van der Waals surface area contributed by atoms with Crippen LogP contribution in [0.5, 0.6) is 11.5 Å². The molecule has 1 aliphatic rings. The van der Waals surface area contributed by atoms with Crippen molar-refractivity contribution in [3.63, 3.8) is 0 Å². The molecule has 2 aromatic carbocycles. The van der Waals surface area contributed by atoms with Crippen LogP contribution in [0.3, 0.4) is 0 Å². The zero-order valence-electron chi connectivity index (χ0n) is 17.6. The van der Waals surface area contributed by atoms with E-state index >= 15 is 0 Å². The Kier molecular flexibility index (Phi) is 5.55. The number of amides is 2. The third-order valence-electron chi connectivity index (χ3n) is 5.31. The summed E-state index contributed by atoms with van der Waals surface area (Å²) in [5, 5.41) is 0.692. The van der Waals surface area contributed by atoms with E-state index in [0.29, 0.717) is 40.1 Å². The molecule has 0 fully saturated rings. The molecule has 2 aromatic heterocycles. The monoisotopic (exact) mass is 440 g/mol. The van der Waals surface area contributed by atoms with Gasteiger partial charge in [-0.1, -0.05) is 24.3 Å². The van der Waals surface area contributed by atoms with Gasteiger partial charge < -0.3 is 9.47 Å². The third kappa shape index (κ3) is 4.45. The quantitative estimate of drug-likeness (QED) is 0.461. The number of nitrogens with one attached hydrogen (secondary N) is 2. The van der Waals surface area contributed by atoms with Crippen LogP contribution in [0, 0.1) is 0 Å². The molecule has 0 radical (unpaired) electrons. The molecule has 8 heteroatoms. The van der Waals surface area contributed by atoms with Crippen LogP contribution in [-0.4, -0.2) is 28.6 Å². The van der Waals surface area contributed by atoms with Crippen molar-refractivity contribution in [2.24, 2.45) is 0 Å². The number of carbonyl (C=O) groups excluding carboxylic acids is 2. The normalized spacial score (nSPS) is 11.9. The lowest BCUT2D eigenvalue weighted by Crippen LogP contribution is -2.41. The van der Waals surface area contributed by atoms with E-state index in [1.165, 1.54) is 0 Å². The number of hydrogen-bond acceptors (Lipinski definition) is 6. The first-order chi connectivity index (χ1) is 16.2. The summed E-state index contributed by atoms with van der Waals surface area (Å²) in [7, 11) is 0. The highest BCUT2D eigenvalue weighted by atomic mass is 16.7. The maximum Gasteiger partial charge on any atom is 0.270 e. The van der Waals surface area contributed by atoms with E-state index in [-0.39, 0.29) is 19.1 Å². The number of para-hydroxylation sites is 1. The molecule has 0 unspecified atom stereocenters. The molecule has 164 valence electrons. The molecule has 3 heterocycles. The van der Waals surface area contributed by atoms with Crippen LogP contribution >= 0.6 is 0 Å². The average molecular weight is 440 g/mol. The number of pyridine rings is 2. The maximum absolute atomic E-state index is 12.9. The van der Waals surface area contributed by atoms with Gasteiger partial charge in [-0.05, 0) is 48.4 Å². The molecule has 1 aliphatic heterocycles. The number of ether oxygens (including phenoxy) is 2. The summed E-state index contributed by atoms with van der Waals surface area (Å²) in [5.41, 5.74) is 8.48. The first-order valence-corrected chi connectivity index (χ1v) is 10.5. The van der Waals surface area contributed by atoms with Gasteiger partial charge in [-0.15, -0.1) is 0 Å². The molecule has 0 aliphatic carbocycles. The Balaban J connectivity index is 1.27. The second-order valence-electron chi connectivity index (χ2n) is 7.50. The van der Waals surface area contributed by atoms with Crippen LogP contribution in [0.25, 0.3) is 22.2 Å². The maximum atomic E-state index is 12.9. The van der Waals surface area contributed by atoms with Crippen LogP contribution in [0.2, 0.25) is 0 Å². The van der Waals surface area contributed by atoms with E-state index in [1.807, 2.05) is 54.6 Å². The summed E-state index contributed by atoms with van der Waals surface area (Å²) in [6.45, 7) is 0.206. The number of nitrogens with zero attached hydrogens (tertiary/aromatic N) is 2. The summed E-state index contributed by atoms with van der Waals surface area (Å²) < 4.78 is 10.7. The standard InChI is InChI=1S/C25H20N4O4/c30-24(10-8-16-7-9-22-23(12-16)33-15-32-22)28-29-25(31)19-13-21(17-4-3-11-26-14-17)27-20-6-2-1-5-18(19)20/h1-7,9,11-14H,8,10,15H2,(H,28,30)(H,29,31). The van der Waals surface area contributed by atoms with Gasteiger partial charge in [0.05, 0.1) is 16.8 Å². The minimum absolute atomic E-state index is 0.206. The summed E-state index contributed by atoms with van der Waals surface area (Å²) in [4.78, 5) is 34.1. The van der Waals surface area contributed by atoms with E-state index in [0.717, 1.165) is 11.1 Å². The van der Waals surface area contributed by atoms with E-state index in [9.17, 15) is 9.59 Å². The molecule has 8 nitrogen and oxygen atoms in total. The molecular formula is C25H20N4O4. The molecule has 2 N–H and O–H groups in total. The average Bonchev–Trinajstić information content (AvgIpc) is 3.34. The van der Waals surface area contributed by atoms with Crippen molar-refractivity contribution in [2.75, 3.05) is 6.79 Å². The number of fused-ring (bicyclic) bond motifs is 2. The van der Waals surface area contributed by atoms with Gasteiger partial charge in [-0.3, -0.25) is 25.4 Å². The number of aryl methyl sites for hydroxylation is 1. The highest BCUT2D eigenvalue weighted by Crippen LogP contribution is 2.32. The van der Waals surface area contributed by atoms with E-state index in [1.54, 1.807) is 18.5 Å².